The van der Waals surface area contributed by atoms with Crippen LogP contribution in [0.1, 0.15) is 11.4 Å². The molecule has 102 valence electrons. The number of nitrogens with one attached hydrogen (secondary N) is 1. The Hall–Kier alpha value is -1.41. The summed E-state index contributed by atoms with van der Waals surface area (Å²) in [7, 11) is 3.04. The van der Waals surface area contributed by atoms with Gasteiger partial charge < -0.3 is 4.90 Å². The molecule has 0 aliphatic rings. The average Bonchev–Trinajstić information content (AvgIpc) is 2.22. The van der Waals surface area contributed by atoms with Crippen molar-refractivity contribution in [1.82, 2.24) is 14.3 Å². The molecule has 0 aliphatic heterocycles. The van der Waals surface area contributed by atoms with Crippen molar-refractivity contribution in [3.8, 4) is 0 Å². The Morgan fingerprint density at radius 3 is 1.78 bits per heavy atom. The van der Waals surface area contributed by atoms with Crippen molar-refractivity contribution >= 4 is 21.8 Å². The molecule has 7 nitrogen and oxygen atoms in total. The van der Waals surface area contributed by atoms with Crippen molar-refractivity contribution in [3.05, 3.63) is 11.4 Å². The number of anilines is 2. The first kappa shape index (κ1) is 14.7. The van der Waals surface area contributed by atoms with Gasteiger partial charge in [0.25, 0.3) is 0 Å². The average molecular weight is 273 g/mol. The minimum Gasteiger partial charge on any atom is -0.347 e. The second-order valence-electron chi connectivity index (χ2n) is 4.35. The maximum Gasteiger partial charge on any atom is 0.301 e. The van der Waals surface area contributed by atoms with Crippen LogP contribution in [0.4, 0.5) is 11.6 Å². The highest BCUT2D eigenvalue weighted by Crippen LogP contribution is 2.21. The second-order valence-corrected chi connectivity index (χ2v) is 6.24. The Labute approximate surface area is 108 Å². The van der Waals surface area contributed by atoms with Gasteiger partial charge in [-0.3, -0.25) is 4.72 Å². The zero-order valence-electron chi connectivity index (χ0n) is 11.5. The lowest BCUT2D eigenvalue weighted by atomic mass is 10.3. The maximum atomic E-state index is 11.8. The van der Waals surface area contributed by atoms with E-state index in [2.05, 4.69) is 14.7 Å². The van der Waals surface area contributed by atoms with E-state index in [9.17, 15) is 8.42 Å². The van der Waals surface area contributed by atoms with Crippen LogP contribution in [0.3, 0.4) is 0 Å². The quantitative estimate of drug-likeness (QED) is 0.858. The molecular weight excluding hydrogens is 254 g/mol. The van der Waals surface area contributed by atoms with Crippen LogP contribution in [0.2, 0.25) is 0 Å². The van der Waals surface area contributed by atoms with Crippen LogP contribution in [0, 0.1) is 13.8 Å². The molecule has 1 aromatic heterocycles. The van der Waals surface area contributed by atoms with Crippen LogP contribution < -0.4 is 9.62 Å². The number of hydrogen-bond acceptors (Lipinski definition) is 5. The molecule has 0 bridgehead atoms. The fourth-order valence-corrected chi connectivity index (χ4v) is 2.00. The largest absolute Gasteiger partial charge is 0.347 e. The summed E-state index contributed by atoms with van der Waals surface area (Å²) in [5.74, 6) is 0.554. The van der Waals surface area contributed by atoms with Crippen molar-refractivity contribution in [2.45, 2.75) is 13.8 Å². The van der Waals surface area contributed by atoms with Gasteiger partial charge in [0.15, 0.2) is 0 Å². The van der Waals surface area contributed by atoms with E-state index in [1.165, 1.54) is 14.1 Å². The SMILES string of the molecule is Cc1nc(N(C)C)nc(C)c1NS(=O)(=O)N(C)C. The third-order valence-corrected chi connectivity index (χ3v) is 3.79. The van der Waals surface area contributed by atoms with Crippen LogP contribution >= 0.6 is 0 Å². The van der Waals surface area contributed by atoms with E-state index < -0.39 is 10.2 Å². The molecule has 0 atom stereocenters. The first-order chi connectivity index (χ1) is 8.15. The van der Waals surface area contributed by atoms with Crippen LogP contribution in [0.15, 0.2) is 0 Å². The van der Waals surface area contributed by atoms with Gasteiger partial charge in [-0.15, -0.1) is 0 Å². The molecule has 8 heteroatoms. The molecule has 0 aliphatic carbocycles. The van der Waals surface area contributed by atoms with Crippen molar-refractivity contribution in [3.63, 3.8) is 0 Å². The minimum absolute atomic E-state index is 0.425. The summed E-state index contributed by atoms with van der Waals surface area (Å²) in [6.45, 7) is 3.49. The van der Waals surface area contributed by atoms with Crippen LogP contribution in [-0.2, 0) is 10.2 Å². The molecule has 0 radical (unpaired) electrons. The van der Waals surface area contributed by atoms with Crippen LogP contribution in [0.5, 0.6) is 0 Å². The normalized spacial score (nSPS) is 11.7. The van der Waals surface area contributed by atoms with Gasteiger partial charge in [-0.2, -0.15) is 12.7 Å². The van der Waals surface area contributed by atoms with Gasteiger partial charge in [0.05, 0.1) is 17.1 Å². The third kappa shape index (κ3) is 3.08. The van der Waals surface area contributed by atoms with Crippen molar-refractivity contribution < 1.29 is 8.42 Å². The summed E-state index contributed by atoms with van der Waals surface area (Å²) >= 11 is 0. The van der Waals surface area contributed by atoms with E-state index in [-0.39, 0.29) is 0 Å². The summed E-state index contributed by atoms with van der Waals surface area (Å²) in [4.78, 5) is 10.3. The zero-order chi connectivity index (χ0) is 14.1. The summed E-state index contributed by atoms with van der Waals surface area (Å²) in [6, 6.07) is 0. The van der Waals surface area contributed by atoms with Gasteiger partial charge in [0.1, 0.15) is 0 Å². The highest BCUT2D eigenvalue weighted by Gasteiger charge is 2.18. The predicted molar refractivity (Wildman–Crippen MR) is 72.1 cm³/mol. The van der Waals surface area contributed by atoms with Gasteiger partial charge in [-0.05, 0) is 13.8 Å². The lowest BCUT2D eigenvalue weighted by molar-refractivity contribution is 0.526. The highest BCUT2D eigenvalue weighted by atomic mass is 32.2. The number of nitrogens with zero attached hydrogens (tertiary/aromatic N) is 4. The molecule has 0 saturated carbocycles. The Morgan fingerprint density at radius 1 is 1.00 bits per heavy atom. The van der Waals surface area contributed by atoms with Gasteiger partial charge in [0, 0.05) is 28.2 Å². The minimum atomic E-state index is -3.54. The molecule has 0 saturated heterocycles. The van der Waals surface area contributed by atoms with E-state index in [4.69, 9.17) is 0 Å². The zero-order valence-corrected chi connectivity index (χ0v) is 12.3. The molecule has 0 aromatic carbocycles. The first-order valence-corrected chi connectivity index (χ1v) is 6.82. The van der Waals surface area contributed by atoms with Crippen molar-refractivity contribution in [2.75, 3.05) is 37.8 Å². The number of aromatic nitrogens is 2. The Bertz CT molecular complexity index is 516. The molecular formula is C10H19N5O2S. The molecule has 1 heterocycles. The smallest absolute Gasteiger partial charge is 0.301 e. The standard InChI is InChI=1S/C10H19N5O2S/c1-7-9(13-18(16,17)15(5)6)8(2)12-10(11-7)14(3)4/h13H,1-6H3. The molecule has 0 unspecified atom stereocenters. The van der Waals surface area contributed by atoms with Crippen molar-refractivity contribution in [2.24, 2.45) is 0 Å². The summed E-state index contributed by atoms with van der Waals surface area (Å²) < 4.78 is 27.1. The van der Waals surface area contributed by atoms with E-state index >= 15 is 0 Å². The van der Waals surface area contributed by atoms with E-state index in [0.717, 1.165) is 4.31 Å². The molecule has 1 N–H and O–H groups in total. The number of rotatable bonds is 4. The Morgan fingerprint density at radius 2 is 1.44 bits per heavy atom. The van der Waals surface area contributed by atoms with E-state index in [1.807, 2.05) is 14.1 Å². The second kappa shape index (κ2) is 5.07. The van der Waals surface area contributed by atoms with Gasteiger partial charge in [-0.1, -0.05) is 0 Å². The fraction of sp³-hybridized carbons (Fsp3) is 0.600. The lowest BCUT2D eigenvalue weighted by Crippen LogP contribution is -2.30. The lowest BCUT2D eigenvalue weighted by Gasteiger charge is -2.18. The van der Waals surface area contributed by atoms with Gasteiger partial charge >= 0.3 is 10.2 Å². The van der Waals surface area contributed by atoms with E-state index in [0.29, 0.717) is 23.0 Å². The Balaban J connectivity index is 3.20. The molecule has 18 heavy (non-hydrogen) atoms. The third-order valence-electron chi connectivity index (χ3n) is 2.37. The Kier molecular flexibility index (Phi) is 4.12. The summed E-state index contributed by atoms with van der Waals surface area (Å²) in [5.41, 5.74) is 1.61. The molecule has 0 fully saturated rings. The monoisotopic (exact) mass is 273 g/mol. The van der Waals surface area contributed by atoms with Crippen LogP contribution in [0.25, 0.3) is 0 Å². The summed E-state index contributed by atoms with van der Waals surface area (Å²) in [6.07, 6.45) is 0. The van der Waals surface area contributed by atoms with Crippen LogP contribution in [-0.4, -0.2) is 50.9 Å². The van der Waals surface area contributed by atoms with E-state index in [1.54, 1.807) is 18.7 Å². The molecule has 0 spiro atoms. The number of aryl methyl sites for hydroxylation is 2. The fourth-order valence-electron chi connectivity index (χ4n) is 1.27. The van der Waals surface area contributed by atoms with Crippen molar-refractivity contribution in [1.29, 1.82) is 0 Å². The van der Waals surface area contributed by atoms with Gasteiger partial charge in [-0.25, -0.2) is 9.97 Å². The van der Waals surface area contributed by atoms with Gasteiger partial charge in [0.2, 0.25) is 5.95 Å². The number of hydrogen-bond donors (Lipinski definition) is 1. The molecule has 0 amide bonds. The highest BCUT2D eigenvalue weighted by molar-refractivity contribution is 7.90. The summed E-state index contributed by atoms with van der Waals surface area (Å²) in [5, 5.41) is 0. The molecule has 1 aromatic rings. The first-order valence-electron chi connectivity index (χ1n) is 5.38. The maximum absolute atomic E-state index is 11.8. The predicted octanol–water partition coefficient (Wildman–Crippen LogP) is 0.378. The molecule has 1 rings (SSSR count). The topological polar surface area (TPSA) is 78.4 Å².